The van der Waals surface area contributed by atoms with Gasteiger partial charge in [0.1, 0.15) is 0 Å². The zero-order valence-corrected chi connectivity index (χ0v) is 18.7. The fourth-order valence-electron chi connectivity index (χ4n) is 2.80. The highest BCUT2D eigenvalue weighted by molar-refractivity contribution is 7.14. The molecule has 0 fully saturated rings. The third-order valence-corrected chi connectivity index (χ3v) is 6.02. The predicted octanol–water partition coefficient (Wildman–Crippen LogP) is 4.50. The van der Waals surface area contributed by atoms with Crippen LogP contribution >= 0.6 is 22.7 Å². The summed E-state index contributed by atoms with van der Waals surface area (Å²) in [5.74, 6) is 1.38. The largest absolute Gasteiger partial charge is 0.493 e. The van der Waals surface area contributed by atoms with Crippen LogP contribution in [0.3, 0.4) is 0 Å². The quantitative estimate of drug-likeness (QED) is 0.370. The minimum Gasteiger partial charge on any atom is -0.493 e. The highest BCUT2D eigenvalue weighted by Gasteiger charge is 2.12. The van der Waals surface area contributed by atoms with E-state index >= 15 is 0 Å². The van der Waals surface area contributed by atoms with Gasteiger partial charge in [-0.2, -0.15) is 5.10 Å². The lowest BCUT2D eigenvalue weighted by Crippen LogP contribution is -2.16. The molecule has 0 N–H and O–H groups in total. The number of thiophene rings is 1. The van der Waals surface area contributed by atoms with Crippen molar-refractivity contribution in [2.75, 3.05) is 34.5 Å². The Hall–Kier alpha value is -2.42. The standard InChI is InChI=1S/C21H25N3O3S2/c1-5-16(15-8-9-18(26-3)19(13-15)27-4)23-24-17(20-7-6-12-28-20)14-29-21(24)22-10-11-25-2/h6-9,12-14H,5,10-11H2,1-4H3/b22-21?,23-16-. The van der Waals surface area contributed by atoms with Crippen LogP contribution < -0.4 is 14.3 Å². The van der Waals surface area contributed by atoms with Crippen molar-refractivity contribution in [3.63, 3.8) is 0 Å². The first-order valence-electron chi connectivity index (χ1n) is 9.25. The second-order valence-electron chi connectivity index (χ2n) is 6.04. The van der Waals surface area contributed by atoms with Crippen LogP contribution in [0.4, 0.5) is 0 Å². The second kappa shape index (κ2) is 10.4. The van der Waals surface area contributed by atoms with Crippen molar-refractivity contribution >= 4 is 28.4 Å². The van der Waals surface area contributed by atoms with Gasteiger partial charge in [-0.3, -0.25) is 4.99 Å². The van der Waals surface area contributed by atoms with E-state index in [2.05, 4.69) is 28.7 Å². The molecule has 2 aromatic heterocycles. The number of hydrogen-bond donors (Lipinski definition) is 0. The molecule has 0 spiro atoms. The number of ether oxygens (including phenoxy) is 3. The van der Waals surface area contributed by atoms with Crippen LogP contribution in [0.1, 0.15) is 18.9 Å². The lowest BCUT2D eigenvalue weighted by Gasteiger charge is -2.11. The summed E-state index contributed by atoms with van der Waals surface area (Å²) in [5.41, 5.74) is 2.96. The van der Waals surface area contributed by atoms with E-state index in [-0.39, 0.29) is 0 Å². The maximum absolute atomic E-state index is 5.46. The molecule has 0 atom stereocenters. The Labute approximate surface area is 178 Å². The number of aromatic nitrogens is 1. The third-order valence-electron chi connectivity index (χ3n) is 4.27. The molecule has 29 heavy (non-hydrogen) atoms. The molecule has 0 aliphatic heterocycles. The van der Waals surface area contributed by atoms with E-state index in [0.717, 1.165) is 33.1 Å². The molecule has 154 valence electrons. The number of hydrogen-bond acceptors (Lipinski definition) is 7. The van der Waals surface area contributed by atoms with Gasteiger partial charge in [-0.1, -0.05) is 13.0 Å². The molecule has 8 heteroatoms. The number of methoxy groups -OCH3 is 3. The average molecular weight is 432 g/mol. The van der Waals surface area contributed by atoms with Crippen molar-refractivity contribution in [2.45, 2.75) is 13.3 Å². The molecule has 0 aliphatic carbocycles. The summed E-state index contributed by atoms with van der Waals surface area (Å²) < 4.78 is 17.9. The van der Waals surface area contributed by atoms with Crippen LogP contribution in [0, 0.1) is 0 Å². The number of rotatable bonds is 9. The molecule has 0 saturated carbocycles. The maximum Gasteiger partial charge on any atom is 0.206 e. The summed E-state index contributed by atoms with van der Waals surface area (Å²) in [7, 11) is 4.95. The van der Waals surface area contributed by atoms with E-state index in [9.17, 15) is 0 Å². The van der Waals surface area contributed by atoms with Crippen LogP contribution in [0.25, 0.3) is 10.6 Å². The van der Waals surface area contributed by atoms with Crippen LogP contribution in [0.5, 0.6) is 11.5 Å². The fourth-order valence-corrected chi connectivity index (χ4v) is 4.45. The van der Waals surface area contributed by atoms with Crippen molar-refractivity contribution in [2.24, 2.45) is 10.1 Å². The van der Waals surface area contributed by atoms with Crippen molar-refractivity contribution in [3.8, 4) is 22.1 Å². The monoisotopic (exact) mass is 431 g/mol. The SMILES string of the molecule is CC/C(=N/n1c(-c2cccs2)csc1=NCCOC)c1ccc(OC)c(OC)c1. The molecule has 0 radical (unpaired) electrons. The Morgan fingerprint density at radius 2 is 1.90 bits per heavy atom. The van der Waals surface area contributed by atoms with Gasteiger partial charge in [0.05, 0.1) is 43.7 Å². The van der Waals surface area contributed by atoms with E-state index in [1.165, 1.54) is 0 Å². The van der Waals surface area contributed by atoms with Crippen LogP contribution in [-0.4, -0.2) is 44.9 Å². The van der Waals surface area contributed by atoms with Gasteiger partial charge in [0.15, 0.2) is 11.5 Å². The zero-order chi connectivity index (χ0) is 20.6. The molecule has 0 bridgehead atoms. The van der Waals surface area contributed by atoms with Gasteiger partial charge >= 0.3 is 0 Å². The van der Waals surface area contributed by atoms with Crippen molar-refractivity contribution < 1.29 is 14.2 Å². The fraction of sp³-hybridized carbons (Fsp3) is 0.333. The molecule has 0 saturated heterocycles. The zero-order valence-electron chi connectivity index (χ0n) is 17.0. The van der Waals surface area contributed by atoms with Gasteiger partial charge in [0.25, 0.3) is 0 Å². The van der Waals surface area contributed by atoms with Crippen molar-refractivity contribution in [3.05, 3.63) is 51.5 Å². The Morgan fingerprint density at radius 3 is 2.55 bits per heavy atom. The molecule has 3 rings (SSSR count). The maximum atomic E-state index is 5.46. The highest BCUT2D eigenvalue weighted by atomic mass is 32.1. The molecule has 1 aromatic carbocycles. The van der Waals surface area contributed by atoms with Crippen LogP contribution in [0.2, 0.25) is 0 Å². The third kappa shape index (κ3) is 4.95. The van der Waals surface area contributed by atoms with Gasteiger partial charge in [-0.15, -0.1) is 22.7 Å². The molecule has 2 heterocycles. The number of thiazole rings is 1. The Balaban J connectivity index is 2.11. The van der Waals surface area contributed by atoms with Gasteiger partial charge in [0, 0.05) is 18.1 Å². The lowest BCUT2D eigenvalue weighted by molar-refractivity contribution is 0.207. The van der Waals surface area contributed by atoms with E-state index in [1.807, 2.05) is 28.9 Å². The first-order chi connectivity index (χ1) is 14.2. The molecular weight excluding hydrogens is 406 g/mol. The molecule has 0 aliphatic rings. The second-order valence-corrected chi connectivity index (χ2v) is 7.82. The van der Waals surface area contributed by atoms with Gasteiger partial charge < -0.3 is 14.2 Å². The molecule has 0 unspecified atom stereocenters. The molecule has 0 amide bonds. The van der Waals surface area contributed by atoms with E-state index in [0.29, 0.717) is 24.7 Å². The van der Waals surface area contributed by atoms with Gasteiger partial charge in [-0.25, -0.2) is 4.68 Å². The van der Waals surface area contributed by atoms with Crippen molar-refractivity contribution in [1.29, 1.82) is 0 Å². The van der Waals surface area contributed by atoms with Crippen LogP contribution in [-0.2, 0) is 4.74 Å². The summed E-state index contributed by atoms with van der Waals surface area (Å²) in [4.78, 5) is 6.68. The molecular formula is C21H25N3O3S2. The normalized spacial score (nSPS) is 12.4. The first-order valence-corrected chi connectivity index (χ1v) is 11.0. The molecule has 6 nitrogen and oxygen atoms in total. The predicted molar refractivity (Wildman–Crippen MR) is 120 cm³/mol. The van der Waals surface area contributed by atoms with E-state index in [1.54, 1.807) is 44.0 Å². The van der Waals surface area contributed by atoms with Gasteiger partial charge in [0.2, 0.25) is 4.80 Å². The topological polar surface area (TPSA) is 57.3 Å². The van der Waals surface area contributed by atoms with Gasteiger partial charge in [-0.05, 0) is 36.1 Å². The number of benzene rings is 1. The Morgan fingerprint density at radius 1 is 1.07 bits per heavy atom. The van der Waals surface area contributed by atoms with Crippen LogP contribution in [0.15, 0.2) is 51.2 Å². The lowest BCUT2D eigenvalue weighted by atomic mass is 10.1. The Kier molecular flexibility index (Phi) is 7.62. The summed E-state index contributed by atoms with van der Waals surface area (Å²) >= 11 is 3.27. The minimum atomic E-state index is 0.576. The first kappa shape index (κ1) is 21.3. The van der Waals surface area contributed by atoms with Crippen molar-refractivity contribution in [1.82, 2.24) is 4.68 Å². The average Bonchev–Trinajstić information content (AvgIpc) is 3.41. The summed E-state index contributed by atoms with van der Waals surface area (Å²) in [6, 6.07) is 10.0. The Bertz CT molecular complexity index is 1020. The van der Waals surface area contributed by atoms with E-state index in [4.69, 9.17) is 19.3 Å². The number of nitrogens with zero attached hydrogens (tertiary/aromatic N) is 3. The minimum absolute atomic E-state index is 0.576. The smallest absolute Gasteiger partial charge is 0.206 e. The molecule has 3 aromatic rings. The summed E-state index contributed by atoms with van der Waals surface area (Å²) in [5, 5.41) is 9.16. The summed E-state index contributed by atoms with van der Waals surface area (Å²) in [6.45, 7) is 3.26. The van der Waals surface area contributed by atoms with E-state index < -0.39 is 0 Å². The summed E-state index contributed by atoms with van der Waals surface area (Å²) in [6.07, 6.45) is 0.764. The highest BCUT2D eigenvalue weighted by Crippen LogP contribution is 2.29.